The quantitative estimate of drug-likeness (QED) is 0.285. The Hall–Kier alpha value is -3.76. The summed E-state index contributed by atoms with van der Waals surface area (Å²) in [6.45, 7) is 5.25. The molecule has 0 fully saturated rings. The van der Waals surface area contributed by atoms with Gasteiger partial charge in [0.1, 0.15) is 5.82 Å². The lowest BCUT2D eigenvalue weighted by Crippen LogP contribution is -2.53. The van der Waals surface area contributed by atoms with E-state index >= 15 is 0 Å². The van der Waals surface area contributed by atoms with Gasteiger partial charge in [0.05, 0.1) is 12.1 Å². The summed E-state index contributed by atoms with van der Waals surface area (Å²) in [7, 11) is 0. The van der Waals surface area contributed by atoms with Crippen LogP contribution in [0.2, 0.25) is 0 Å². The van der Waals surface area contributed by atoms with Crippen LogP contribution in [0.1, 0.15) is 51.9 Å². The van der Waals surface area contributed by atoms with E-state index in [1.807, 2.05) is 17.9 Å². The largest absolute Gasteiger partial charge is 0.333 e. The molecule has 3 nitrogen and oxygen atoms in total. The number of hydrogen-bond donors (Lipinski definition) is 0. The minimum absolute atomic E-state index is 0.00550. The molecule has 1 aliphatic heterocycles. The molecule has 1 heterocycles. The first-order valence-corrected chi connectivity index (χ1v) is 14.0. The summed E-state index contributed by atoms with van der Waals surface area (Å²) in [4.78, 5) is 18.9. The maximum Gasteiger partial charge on any atom is 0.240 e. The molecule has 0 aromatic heterocycles. The maximum atomic E-state index is 14.9. The number of fused-ring (bicyclic) bond motifs is 2. The highest BCUT2D eigenvalue weighted by molar-refractivity contribution is 5.82. The Kier molecular flexibility index (Phi) is 7.05. The lowest BCUT2D eigenvalue weighted by Gasteiger charge is -2.43. The Balaban J connectivity index is 1.36. The average molecular weight is 519 g/mol. The monoisotopic (exact) mass is 518 g/mol. The van der Waals surface area contributed by atoms with Crippen LogP contribution in [0.15, 0.2) is 97.1 Å². The predicted octanol–water partition coefficient (Wildman–Crippen LogP) is 6.67. The summed E-state index contributed by atoms with van der Waals surface area (Å²) < 4.78 is 14.9. The van der Waals surface area contributed by atoms with Gasteiger partial charge < -0.3 is 4.90 Å². The van der Waals surface area contributed by atoms with Gasteiger partial charge in [0.15, 0.2) is 0 Å². The number of amides is 1. The Bertz CT molecular complexity index is 1470. The van der Waals surface area contributed by atoms with Crippen LogP contribution in [0.3, 0.4) is 0 Å². The molecule has 198 valence electrons. The van der Waals surface area contributed by atoms with Crippen LogP contribution in [0.4, 0.5) is 4.39 Å². The summed E-state index contributed by atoms with van der Waals surface area (Å²) in [5, 5.41) is 0. The molecule has 1 unspecified atom stereocenters. The molecule has 2 atom stereocenters. The molecule has 0 saturated heterocycles. The standard InChI is InChI=1S/C35H35FN2O/c1-24-11-3-8-16-31(24)34-32-17-9-6-12-26(32)19-20-37(34)25(2)35(39)38(23-29-15-7-10-18-33(29)36)30-21-27-13-4-5-14-28(27)22-30/h3-18,25,30,34H,19-23H2,1-2H3/t25-,34?/m0/s1. The molecule has 1 aliphatic carbocycles. The van der Waals surface area contributed by atoms with Crippen molar-refractivity contribution in [2.75, 3.05) is 6.54 Å². The highest BCUT2D eigenvalue weighted by Crippen LogP contribution is 2.38. The first-order valence-electron chi connectivity index (χ1n) is 14.0. The van der Waals surface area contributed by atoms with Gasteiger partial charge in [-0.1, -0.05) is 91.0 Å². The third-order valence-electron chi connectivity index (χ3n) is 8.71. The van der Waals surface area contributed by atoms with Crippen LogP contribution < -0.4 is 0 Å². The average Bonchev–Trinajstić information content (AvgIpc) is 3.40. The van der Waals surface area contributed by atoms with Gasteiger partial charge in [0, 0.05) is 24.7 Å². The summed E-state index contributed by atoms with van der Waals surface area (Å²) in [6.07, 6.45) is 2.50. The lowest BCUT2D eigenvalue weighted by atomic mass is 9.85. The number of hydrogen-bond acceptors (Lipinski definition) is 2. The Morgan fingerprint density at radius 3 is 2.13 bits per heavy atom. The Morgan fingerprint density at radius 2 is 1.44 bits per heavy atom. The minimum atomic E-state index is -0.363. The first kappa shape index (κ1) is 25.5. The van der Waals surface area contributed by atoms with Crippen molar-refractivity contribution < 1.29 is 9.18 Å². The number of halogens is 1. The summed E-state index contributed by atoms with van der Waals surface area (Å²) in [6, 6.07) is 32.0. The van der Waals surface area contributed by atoms with E-state index in [-0.39, 0.29) is 36.4 Å². The molecular formula is C35H35FN2O. The van der Waals surface area contributed by atoms with E-state index in [1.54, 1.807) is 12.1 Å². The van der Waals surface area contributed by atoms with Crippen molar-refractivity contribution in [2.24, 2.45) is 0 Å². The van der Waals surface area contributed by atoms with Crippen LogP contribution >= 0.6 is 0 Å². The second-order valence-electron chi connectivity index (χ2n) is 11.0. The minimum Gasteiger partial charge on any atom is -0.333 e. The number of carbonyl (C=O) groups is 1. The fourth-order valence-corrected chi connectivity index (χ4v) is 6.58. The second-order valence-corrected chi connectivity index (χ2v) is 11.0. The van der Waals surface area contributed by atoms with Crippen LogP contribution in [0.25, 0.3) is 0 Å². The molecule has 0 saturated carbocycles. The van der Waals surface area contributed by atoms with E-state index in [0.717, 1.165) is 25.8 Å². The van der Waals surface area contributed by atoms with Gasteiger partial charge in [-0.25, -0.2) is 4.39 Å². The number of nitrogens with zero attached hydrogens (tertiary/aromatic N) is 2. The van der Waals surface area contributed by atoms with Crippen molar-refractivity contribution in [3.8, 4) is 0 Å². The number of rotatable bonds is 6. The zero-order chi connectivity index (χ0) is 26.9. The van der Waals surface area contributed by atoms with E-state index < -0.39 is 0 Å². The predicted molar refractivity (Wildman–Crippen MR) is 154 cm³/mol. The maximum absolute atomic E-state index is 14.9. The highest BCUT2D eigenvalue weighted by atomic mass is 19.1. The van der Waals surface area contributed by atoms with Crippen molar-refractivity contribution in [1.29, 1.82) is 0 Å². The summed E-state index contributed by atoms with van der Waals surface area (Å²) >= 11 is 0. The van der Waals surface area contributed by atoms with E-state index in [0.29, 0.717) is 5.56 Å². The number of carbonyl (C=O) groups excluding carboxylic acids is 1. The van der Waals surface area contributed by atoms with Crippen molar-refractivity contribution >= 4 is 5.91 Å². The summed E-state index contributed by atoms with van der Waals surface area (Å²) in [5.74, 6) is -0.197. The Labute approximate surface area is 230 Å². The van der Waals surface area contributed by atoms with E-state index in [1.165, 1.54) is 39.4 Å². The van der Waals surface area contributed by atoms with Crippen LogP contribution in [-0.2, 0) is 30.6 Å². The molecule has 0 N–H and O–H groups in total. The molecule has 0 spiro atoms. The van der Waals surface area contributed by atoms with Gasteiger partial charge in [-0.3, -0.25) is 9.69 Å². The van der Waals surface area contributed by atoms with E-state index in [9.17, 15) is 9.18 Å². The summed E-state index contributed by atoms with van der Waals surface area (Å²) in [5.41, 5.74) is 8.20. The topological polar surface area (TPSA) is 23.6 Å². The first-order chi connectivity index (χ1) is 19.0. The van der Waals surface area contributed by atoms with Crippen LogP contribution in [0.5, 0.6) is 0 Å². The molecule has 39 heavy (non-hydrogen) atoms. The normalized spacial score (nSPS) is 17.9. The smallest absolute Gasteiger partial charge is 0.240 e. The fourth-order valence-electron chi connectivity index (χ4n) is 6.58. The van der Waals surface area contributed by atoms with Gasteiger partial charge in [0.25, 0.3) is 0 Å². The SMILES string of the molecule is Cc1ccccc1C1c2ccccc2CCN1[C@@H](C)C(=O)N(Cc1ccccc1F)C1Cc2ccccc2C1. The van der Waals surface area contributed by atoms with Crippen molar-refractivity contribution in [2.45, 2.75) is 57.8 Å². The second kappa shape index (κ2) is 10.8. The zero-order valence-corrected chi connectivity index (χ0v) is 22.7. The number of aryl methyl sites for hydroxylation is 1. The van der Waals surface area contributed by atoms with Crippen LogP contribution in [0, 0.1) is 12.7 Å². The third-order valence-corrected chi connectivity index (χ3v) is 8.71. The van der Waals surface area contributed by atoms with Gasteiger partial charge in [0.2, 0.25) is 5.91 Å². The van der Waals surface area contributed by atoms with E-state index in [4.69, 9.17) is 0 Å². The van der Waals surface area contributed by atoms with Crippen molar-refractivity contribution in [3.63, 3.8) is 0 Å². The third kappa shape index (κ3) is 4.90. The van der Waals surface area contributed by atoms with Crippen LogP contribution in [-0.4, -0.2) is 34.3 Å². The van der Waals surface area contributed by atoms with Gasteiger partial charge in [-0.15, -0.1) is 0 Å². The zero-order valence-electron chi connectivity index (χ0n) is 22.7. The molecule has 0 radical (unpaired) electrons. The van der Waals surface area contributed by atoms with Gasteiger partial charge >= 0.3 is 0 Å². The fraction of sp³-hybridized carbons (Fsp3) is 0.286. The van der Waals surface area contributed by atoms with Crippen molar-refractivity contribution in [1.82, 2.24) is 9.80 Å². The molecule has 4 aromatic rings. The molecule has 0 bridgehead atoms. The molecule has 2 aliphatic rings. The Morgan fingerprint density at radius 1 is 0.846 bits per heavy atom. The van der Waals surface area contributed by atoms with Crippen molar-refractivity contribution in [3.05, 3.63) is 142 Å². The molecule has 1 amide bonds. The van der Waals surface area contributed by atoms with E-state index in [2.05, 4.69) is 84.6 Å². The molecule has 4 heteroatoms. The highest BCUT2D eigenvalue weighted by Gasteiger charge is 2.39. The van der Waals surface area contributed by atoms with Gasteiger partial charge in [-0.2, -0.15) is 0 Å². The molecule has 4 aromatic carbocycles. The number of benzene rings is 4. The van der Waals surface area contributed by atoms with Gasteiger partial charge in [-0.05, 0) is 72.6 Å². The molecule has 6 rings (SSSR count). The lowest BCUT2D eigenvalue weighted by molar-refractivity contribution is -0.140. The molecular weight excluding hydrogens is 483 g/mol.